The number of hydrogen-bond donors (Lipinski definition) is 1. The van der Waals surface area contributed by atoms with Gasteiger partial charge in [-0.15, -0.1) is 11.3 Å². The number of aryl methyl sites for hydroxylation is 1. The summed E-state index contributed by atoms with van der Waals surface area (Å²) < 4.78 is 10.3. The van der Waals surface area contributed by atoms with E-state index in [1.54, 1.807) is 23.2 Å². The number of urea groups is 1. The highest BCUT2D eigenvalue weighted by Crippen LogP contribution is 2.19. The molecule has 186 valence electrons. The molecular formula is C25H35N3O5S. The summed E-state index contributed by atoms with van der Waals surface area (Å²) >= 11 is 1.61. The number of carbonyl (C=O) groups excluding carboxylic acids is 3. The molecule has 1 aromatic heterocycles. The summed E-state index contributed by atoms with van der Waals surface area (Å²) in [6.07, 6.45) is 0.580. The number of benzene rings is 1. The summed E-state index contributed by atoms with van der Waals surface area (Å²) in [5.74, 6) is -0.685. The Kier molecular flexibility index (Phi) is 12.1. The first kappa shape index (κ1) is 27.3. The Bertz CT molecular complexity index is 903. The standard InChI is InChI=1S/C25H35N3O5S/c1-4-32-14-9-13-27(25(31)26-16-24(30)33-5-2)19-23(29)28(17-21-10-7-6-8-11-21)18-22-20(3)12-15-34-22/h6-8,10-12,15H,4-5,9,13-14,16-19H2,1-3H3,(H,26,31). The molecule has 0 bridgehead atoms. The number of esters is 1. The molecule has 0 saturated carbocycles. The van der Waals surface area contributed by atoms with Crippen LogP contribution in [0.4, 0.5) is 4.79 Å². The number of carbonyl (C=O) groups is 3. The first-order chi connectivity index (χ1) is 16.4. The maximum absolute atomic E-state index is 13.4. The van der Waals surface area contributed by atoms with Gasteiger partial charge in [-0.2, -0.15) is 0 Å². The van der Waals surface area contributed by atoms with E-state index in [1.807, 2.05) is 55.6 Å². The first-order valence-corrected chi connectivity index (χ1v) is 12.4. The minimum absolute atomic E-state index is 0.0992. The Hall–Kier alpha value is -2.91. The van der Waals surface area contributed by atoms with Crippen LogP contribution in [0.5, 0.6) is 0 Å². The van der Waals surface area contributed by atoms with E-state index in [4.69, 9.17) is 9.47 Å². The van der Waals surface area contributed by atoms with Gasteiger partial charge in [-0.05, 0) is 49.8 Å². The molecule has 0 unspecified atom stereocenters. The molecule has 0 atom stereocenters. The predicted molar refractivity (Wildman–Crippen MR) is 132 cm³/mol. The van der Waals surface area contributed by atoms with Crippen molar-refractivity contribution in [3.8, 4) is 0 Å². The van der Waals surface area contributed by atoms with Crippen LogP contribution in [0, 0.1) is 6.92 Å². The smallest absolute Gasteiger partial charge is 0.325 e. The second-order valence-corrected chi connectivity index (χ2v) is 8.70. The van der Waals surface area contributed by atoms with Gasteiger partial charge in [0.2, 0.25) is 5.91 Å². The Morgan fingerprint density at radius 1 is 1.00 bits per heavy atom. The van der Waals surface area contributed by atoms with Crippen molar-refractivity contribution in [2.75, 3.05) is 39.5 Å². The van der Waals surface area contributed by atoms with Gasteiger partial charge in [-0.1, -0.05) is 30.3 Å². The van der Waals surface area contributed by atoms with Crippen molar-refractivity contribution in [2.24, 2.45) is 0 Å². The van der Waals surface area contributed by atoms with Crippen molar-refractivity contribution in [3.05, 3.63) is 57.8 Å². The van der Waals surface area contributed by atoms with Crippen molar-refractivity contribution >= 4 is 29.2 Å². The number of rotatable bonds is 14. The highest BCUT2D eigenvalue weighted by Gasteiger charge is 2.23. The van der Waals surface area contributed by atoms with E-state index in [0.29, 0.717) is 39.3 Å². The molecule has 0 aliphatic heterocycles. The molecule has 9 heteroatoms. The summed E-state index contributed by atoms with van der Waals surface area (Å²) in [6.45, 7) is 7.83. The molecule has 34 heavy (non-hydrogen) atoms. The summed E-state index contributed by atoms with van der Waals surface area (Å²) in [4.78, 5) is 42.2. The Balaban J connectivity index is 2.12. The minimum atomic E-state index is -0.518. The third kappa shape index (κ3) is 9.52. The third-order valence-electron chi connectivity index (χ3n) is 5.10. The molecule has 2 rings (SSSR count). The number of hydrogen-bond acceptors (Lipinski definition) is 6. The largest absolute Gasteiger partial charge is 0.465 e. The van der Waals surface area contributed by atoms with Crippen LogP contribution in [0.1, 0.15) is 36.3 Å². The number of amides is 3. The lowest BCUT2D eigenvalue weighted by molar-refractivity contribution is -0.141. The van der Waals surface area contributed by atoms with Gasteiger partial charge < -0.3 is 24.6 Å². The topological polar surface area (TPSA) is 88.2 Å². The maximum Gasteiger partial charge on any atom is 0.325 e. The molecule has 0 spiro atoms. The fraction of sp³-hybridized carbons (Fsp3) is 0.480. The molecule has 0 saturated heterocycles. The van der Waals surface area contributed by atoms with E-state index in [2.05, 4.69) is 5.32 Å². The van der Waals surface area contributed by atoms with E-state index in [1.165, 1.54) is 4.90 Å². The third-order valence-corrected chi connectivity index (χ3v) is 6.10. The zero-order chi connectivity index (χ0) is 24.8. The van der Waals surface area contributed by atoms with Crippen LogP contribution in [-0.4, -0.2) is 67.2 Å². The first-order valence-electron chi connectivity index (χ1n) is 11.5. The molecule has 1 N–H and O–H groups in total. The monoisotopic (exact) mass is 489 g/mol. The van der Waals surface area contributed by atoms with Crippen molar-refractivity contribution < 1.29 is 23.9 Å². The molecule has 1 heterocycles. The number of nitrogens with one attached hydrogen (secondary N) is 1. The average Bonchev–Trinajstić information content (AvgIpc) is 3.24. The van der Waals surface area contributed by atoms with Crippen LogP contribution in [0.15, 0.2) is 41.8 Å². The lowest BCUT2D eigenvalue weighted by atomic mass is 10.2. The summed E-state index contributed by atoms with van der Waals surface area (Å²) in [7, 11) is 0. The van der Waals surface area contributed by atoms with Crippen LogP contribution in [0.3, 0.4) is 0 Å². The lowest BCUT2D eigenvalue weighted by Gasteiger charge is -2.28. The minimum Gasteiger partial charge on any atom is -0.465 e. The number of thiophene rings is 1. The van der Waals surface area contributed by atoms with Crippen LogP contribution >= 0.6 is 11.3 Å². The van der Waals surface area contributed by atoms with Crippen LogP contribution in [0.25, 0.3) is 0 Å². The average molecular weight is 490 g/mol. The summed E-state index contributed by atoms with van der Waals surface area (Å²) in [5, 5.41) is 4.57. The molecule has 2 aromatic rings. The second-order valence-electron chi connectivity index (χ2n) is 7.70. The van der Waals surface area contributed by atoms with Crippen LogP contribution in [-0.2, 0) is 32.2 Å². The molecule has 0 aliphatic rings. The molecule has 3 amide bonds. The van der Waals surface area contributed by atoms with Gasteiger partial charge in [0.15, 0.2) is 0 Å². The van der Waals surface area contributed by atoms with E-state index < -0.39 is 12.0 Å². The van der Waals surface area contributed by atoms with Gasteiger partial charge in [0.05, 0.1) is 13.2 Å². The highest BCUT2D eigenvalue weighted by atomic mass is 32.1. The van der Waals surface area contributed by atoms with E-state index in [9.17, 15) is 14.4 Å². The lowest BCUT2D eigenvalue weighted by Crippen LogP contribution is -2.48. The predicted octanol–water partition coefficient (Wildman–Crippen LogP) is 3.59. The van der Waals surface area contributed by atoms with Gasteiger partial charge in [0.1, 0.15) is 13.1 Å². The van der Waals surface area contributed by atoms with E-state index in [-0.39, 0.29) is 25.6 Å². The van der Waals surface area contributed by atoms with Crippen molar-refractivity contribution in [1.82, 2.24) is 15.1 Å². The van der Waals surface area contributed by atoms with E-state index >= 15 is 0 Å². The zero-order valence-electron chi connectivity index (χ0n) is 20.2. The van der Waals surface area contributed by atoms with Gasteiger partial charge in [0, 0.05) is 31.2 Å². The zero-order valence-corrected chi connectivity index (χ0v) is 21.1. The Labute approximate surface area is 205 Å². The summed E-state index contributed by atoms with van der Waals surface area (Å²) in [5.41, 5.74) is 2.15. The van der Waals surface area contributed by atoms with Gasteiger partial charge in [0.25, 0.3) is 0 Å². The summed E-state index contributed by atoms with van der Waals surface area (Å²) in [6, 6.07) is 11.3. The van der Waals surface area contributed by atoms with Crippen molar-refractivity contribution in [1.29, 1.82) is 0 Å². The molecule has 1 aromatic carbocycles. The van der Waals surface area contributed by atoms with Crippen molar-refractivity contribution in [2.45, 2.75) is 40.3 Å². The normalized spacial score (nSPS) is 10.6. The van der Waals surface area contributed by atoms with Gasteiger partial charge in [-0.25, -0.2) is 4.79 Å². The Morgan fingerprint density at radius 2 is 1.76 bits per heavy atom. The molecule has 0 fully saturated rings. The van der Waals surface area contributed by atoms with E-state index in [0.717, 1.165) is 16.0 Å². The molecular weight excluding hydrogens is 454 g/mol. The fourth-order valence-corrected chi connectivity index (χ4v) is 4.19. The Morgan fingerprint density at radius 3 is 2.41 bits per heavy atom. The van der Waals surface area contributed by atoms with Crippen LogP contribution in [0.2, 0.25) is 0 Å². The molecule has 0 aliphatic carbocycles. The molecule has 0 radical (unpaired) electrons. The molecule has 8 nitrogen and oxygen atoms in total. The number of nitrogens with zero attached hydrogens (tertiary/aromatic N) is 2. The fourth-order valence-electron chi connectivity index (χ4n) is 3.26. The second kappa shape index (κ2) is 15.1. The van der Waals surface area contributed by atoms with Gasteiger partial charge >= 0.3 is 12.0 Å². The number of ether oxygens (including phenoxy) is 2. The maximum atomic E-state index is 13.4. The van der Waals surface area contributed by atoms with Crippen molar-refractivity contribution in [3.63, 3.8) is 0 Å². The SMILES string of the molecule is CCOCCCN(CC(=O)N(Cc1ccccc1)Cc1sccc1C)C(=O)NCC(=O)OCC. The quantitative estimate of drug-likeness (QED) is 0.324. The van der Waals surface area contributed by atoms with Gasteiger partial charge in [-0.3, -0.25) is 9.59 Å². The van der Waals surface area contributed by atoms with Crippen LogP contribution < -0.4 is 5.32 Å². The highest BCUT2D eigenvalue weighted by molar-refractivity contribution is 7.10.